The van der Waals surface area contributed by atoms with Crippen molar-refractivity contribution >= 4 is 34.2 Å². The van der Waals surface area contributed by atoms with Gasteiger partial charge in [0.1, 0.15) is 10.9 Å². The lowest BCUT2D eigenvalue weighted by atomic mass is 10.3. The lowest BCUT2D eigenvalue weighted by Gasteiger charge is -2.09. The summed E-state index contributed by atoms with van der Waals surface area (Å²) in [5, 5.41) is 11.8. The van der Waals surface area contributed by atoms with Gasteiger partial charge in [0, 0.05) is 6.92 Å². The SMILES string of the molecule is COC(=O)C(C)Nc1nc(C(=O)O)c(C(C)=O)s1. The van der Waals surface area contributed by atoms with E-state index in [-0.39, 0.29) is 21.5 Å². The van der Waals surface area contributed by atoms with E-state index in [0.717, 1.165) is 11.3 Å². The molecule has 0 bridgehead atoms. The summed E-state index contributed by atoms with van der Waals surface area (Å²) in [6.07, 6.45) is 0. The van der Waals surface area contributed by atoms with E-state index in [0.29, 0.717) is 0 Å². The second-order valence-electron chi connectivity index (χ2n) is 3.45. The van der Waals surface area contributed by atoms with Gasteiger partial charge in [-0.3, -0.25) is 4.79 Å². The van der Waals surface area contributed by atoms with Crippen LogP contribution in [0.2, 0.25) is 0 Å². The maximum Gasteiger partial charge on any atom is 0.356 e. The van der Waals surface area contributed by atoms with Gasteiger partial charge < -0.3 is 15.2 Å². The molecular weight excluding hydrogens is 260 g/mol. The molecule has 0 aromatic carbocycles. The van der Waals surface area contributed by atoms with E-state index in [1.165, 1.54) is 14.0 Å². The quantitative estimate of drug-likeness (QED) is 0.608. The summed E-state index contributed by atoms with van der Waals surface area (Å²) in [5.41, 5.74) is -0.313. The highest BCUT2D eigenvalue weighted by molar-refractivity contribution is 7.17. The Bertz CT molecular complexity index is 465. The molecule has 0 saturated carbocycles. The standard InChI is InChI=1S/C10H12N2O5S/c1-4(9(16)17-3)11-10-12-6(8(14)15)7(18-10)5(2)13/h4H,1-3H3,(H,11,12)(H,14,15). The summed E-state index contributed by atoms with van der Waals surface area (Å²) in [7, 11) is 1.24. The number of aromatic nitrogens is 1. The maximum atomic E-state index is 11.2. The fraction of sp³-hybridized carbons (Fsp3) is 0.400. The van der Waals surface area contributed by atoms with Gasteiger partial charge in [0.15, 0.2) is 16.6 Å². The molecule has 0 saturated heterocycles. The number of aromatic carboxylic acids is 1. The van der Waals surface area contributed by atoms with Crippen LogP contribution in [0, 0.1) is 0 Å². The second kappa shape index (κ2) is 5.58. The number of ether oxygens (including phenoxy) is 1. The van der Waals surface area contributed by atoms with E-state index in [2.05, 4.69) is 15.0 Å². The first-order valence-corrected chi connectivity index (χ1v) is 5.78. The highest BCUT2D eigenvalue weighted by Gasteiger charge is 2.22. The third-order valence-corrected chi connectivity index (χ3v) is 3.13. The average Bonchev–Trinajstić information content (AvgIpc) is 2.72. The van der Waals surface area contributed by atoms with Crippen LogP contribution in [0.15, 0.2) is 0 Å². The first kappa shape index (κ1) is 14.1. The van der Waals surface area contributed by atoms with E-state index in [9.17, 15) is 14.4 Å². The molecule has 1 aromatic heterocycles. The normalized spacial score (nSPS) is 11.7. The number of Topliss-reactive ketones (excluding diaryl/α,β-unsaturated/α-hetero) is 1. The largest absolute Gasteiger partial charge is 0.476 e. The number of esters is 1. The summed E-state index contributed by atoms with van der Waals surface area (Å²) in [4.78, 5) is 37.1. The van der Waals surface area contributed by atoms with Crippen LogP contribution in [-0.4, -0.2) is 41.0 Å². The number of carboxylic acids is 1. The summed E-state index contributed by atoms with van der Waals surface area (Å²) < 4.78 is 4.51. The fourth-order valence-electron chi connectivity index (χ4n) is 1.19. The molecule has 0 spiro atoms. The molecule has 0 aliphatic rings. The van der Waals surface area contributed by atoms with E-state index < -0.39 is 18.0 Å². The van der Waals surface area contributed by atoms with Crippen LogP contribution in [0.25, 0.3) is 0 Å². The zero-order chi connectivity index (χ0) is 13.9. The Hall–Kier alpha value is -1.96. The first-order valence-electron chi connectivity index (χ1n) is 4.96. The van der Waals surface area contributed by atoms with Gasteiger partial charge >= 0.3 is 11.9 Å². The number of methoxy groups -OCH3 is 1. The molecule has 1 atom stereocenters. The third kappa shape index (κ3) is 3.04. The van der Waals surface area contributed by atoms with E-state index >= 15 is 0 Å². The van der Waals surface area contributed by atoms with E-state index in [4.69, 9.17) is 5.11 Å². The molecule has 2 N–H and O–H groups in total. The zero-order valence-electron chi connectivity index (χ0n) is 10.0. The maximum absolute atomic E-state index is 11.2. The molecule has 8 heteroatoms. The van der Waals surface area contributed by atoms with Crippen molar-refractivity contribution in [3.63, 3.8) is 0 Å². The minimum atomic E-state index is -1.28. The number of ketones is 1. The summed E-state index contributed by atoms with van der Waals surface area (Å²) in [5.74, 6) is -2.18. The lowest BCUT2D eigenvalue weighted by Crippen LogP contribution is -2.27. The van der Waals surface area contributed by atoms with Gasteiger partial charge in [-0.1, -0.05) is 11.3 Å². The molecule has 1 heterocycles. The first-order chi connectivity index (χ1) is 8.36. The predicted molar refractivity (Wildman–Crippen MR) is 64.2 cm³/mol. The molecule has 0 radical (unpaired) electrons. The smallest absolute Gasteiger partial charge is 0.356 e. The van der Waals surface area contributed by atoms with Crippen LogP contribution in [0.5, 0.6) is 0 Å². The minimum Gasteiger partial charge on any atom is -0.476 e. The summed E-state index contributed by atoms with van der Waals surface area (Å²) in [6.45, 7) is 2.80. The Morgan fingerprint density at radius 1 is 1.44 bits per heavy atom. The Balaban J connectivity index is 2.98. The average molecular weight is 272 g/mol. The molecule has 1 unspecified atom stereocenters. The van der Waals surface area contributed by atoms with Crippen LogP contribution in [0.4, 0.5) is 5.13 Å². The van der Waals surface area contributed by atoms with Gasteiger partial charge in [0.2, 0.25) is 0 Å². The number of anilines is 1. The molecule has 7 nitrogen and oxygen atoms in total. The van der Waals surface area contributed by atoms with Gasteiger partial charge in [-0.15, -0.1) is 0 Å². The van der Waals surface area contributed by atoms with Crippen molar-refractivity contribution in [1.82, 2.24) is 4.98 Å². The molecule has 98 valence electrons. The van der Waals surface area contributed by atoms with Crippen molar-refractivity contribution in [1.29, 1.82) is 0 Å². The monoisotopic (exact) mass is 272 g/mol. The fourth-order valence-corrected chi connectivity index (χ4v) is 2.13. The number of carboxylic acid groups (broad SMARTS) is 1. The molecule has 18 heavy (non-hydrogen) atoms. The van der Waals surface area contributed by atoms with Crippen LogP contribution in [0.3, 0.4) is 0 Å². The highest BCUT2D eigenvalue weighted by atomic mass is 32.1. The van der Waals surface area contributed by atoms with Crippen LogP contribution >= 0.6 is 11.3 Å². The van der Waals surface area contributed by atoms with E-state index in [1.54, 1.807) is 6.92 Å². The number of carbonyl (C=O) groups is 3. The molecule has 0 fully saturated rings. The van der Waals surface area contributed by atoms with Gasteiger partial charge in [0.05, 0.1) is 7.11 Å². The van der Waals surface area contributed by atoms with Crippen molar-refractivity contribution in [2.75, 3.05) is 12.4 Å². The van der Waals surface area contributed by atoms with Gasteiger partial charge in [-0.25, -0.2) is 14.6 Å². The second-order valence-corrected chi connectivity index (χ2v) is 4.45. The molecule has 0 aliphatic heterocycles. The number of hydrogen-bond acceptors (Lipinski definition) is 7. The molecule has 0 amide bonds. The highest BCUT2D eigenvalue weighted by Crippen LogP contribution is 2.24. The Morgan fingerprint density at radius 2 is 2.06 bits per heavy atom. The van der Waals surface area contributed by atoms with Crippen LogP contribution in [0.1, 0.15) is 34.0 Å². The molecule has 0 aliphatic carbocycles. The predicted octanol–water partition coefficient (Wildman–Crippen LogP) is 1.02. The number of nitrogens with zero attached hydrogens (tertiary/aromatic N) is 1. The Labute approximate surface area is 107 Å². The van der Waals surface area contributed by atoms with Crippen molar-refractivity contribution in [2.24, 2.45) is 0 Å². The van der Waals surface area contributed by atoms with Crippen molar-refractivity contribution in [2.45, 2.75) is 19.9 Å². The van der Waals surface area contributed by atoms with Crippen LogP contribution < -0.4 is 5.32 Å². The van der Waals surface area contributed by atoms with Gasteiger partial charge in [0.25, 0.3) is 0 Å². The van der Waals surface area contributed by atoms with Gasteiger partial charge in [-0.2, -0.15) is 0 Å². The van der Waals surface area contributed by atoms with E-state index in [1.807, 2.05) is 0 Å². The summed E-state index contributed by atoms with van der Waals surface area (Å²) >= 11 is 0.892. The van der Waals surface area contributed by atoms with Gasteiger partial charge in [-0.05, 0) is 6.92 Å². The number of carbonyl (C=O) groups excluding carboxylic acids is 2. The molecule has 1 aromatic rings. The minimum absolute atomic E-state index is 0.0436. The number of thiazole rings is 1. The Morgan fingerprint density at radius 3 is 2.44 bits per heavy atom. The number of hydrogen-bond donors (Lipinski definition) is 2. The number of nitrogens with one attached hydrogen (secondary N) is 1. The molecule has 1 rings (SSSR count). The Kier molecular flexibility index (Phi) is 4.38. The topological polar surface area (TPSA) is 106 Å². The third-order valence-electron chi connectivity index (χ3n) is 2.04. The van der Waals surface area contributed by atoms with Crippen molar-refractivity contribution in [3.8, 4) is 0 Å². The van der Waals surface area contributed by atoms with Crippen molar-refractivity contribution < 1.29 is 24.2 Å². The van der Waals surface area contributed by atoms with Crippen molar-refractivity contribution in [3.05, 3.63) is 10.6 Å². The van der Waals surface area contributed by atoms with Crippen LogP contribution in [-0.2, 0) is 9.53 Å². The number of rotatable bonds is 5. The summed E-state index contributed by atoms with van der Waals surface area (Å²) in [6, 6.07) is -0.678. The molecular formula is C10H12N2O5S. The zero-order valence-corrected chi connectivity index (χ0v) is 10.8. The lowest BCUT2D eigenvalue weighted by molar-refractivity contribution is -0.141.